The summed E-state index contributed by atoms with van der Waals surface area (Å²) in [7, 11) is 0. The van der Waals surface area contributed by atoms with E-state index < -0.39 is 0 Å². The van der Waals surface area contributed by atoms with E-state index in [0.29, 0.717) is 0 Å². The Balaban J connectivity index is 1.57. The monoisotopic (exact) mass is 317 g/mol. The summed E-state index contributed by atoms with van der Waals surface area (Å²) in [5, 5.41) is 4.29. The minimum atomic E-state index is 0.910. The summed E-state index contributed by atoms with van der Waals surface area (Å²) in [6.45, 7) is 2.16. The predicted octanol–water partition coefficient (Wildman–Crippen LogP) is 3.03. The van der Waals surface area contributed by atoms with E-state index in [0.717, 1.165) is 43.3 Å². The van der Waals surface area contributed by atoms with Gasteiger partial charge in [-0.2, -0.15) is 5.10 Å². The van der Waals surface area contributed by atoms with Gasteiger partial charge in [0.25, 0.3) is 0 Å². The van der Waals surface area contributed by atoms with Crippen LogP contribution in [-0.2, 0) is 12.8 Å². The lowest BCUT2D eigenvalue weighted by molar-refractivity contribution is 0.599. The number of benzene rings is 1. The summed E-state index contributed by atoms with van der Waals surface area (Å²) < 4.78 is 1.87. The number of fused-ring (bicyclic) bond motifs is 1. The van der Waals surface area contributed by atoms with E-state index in [2.05, 4.69) is 34.3 Å². The van der Waals surface area contributed by atoms with E-state index >= 15 is 0 Å². The SMILES string of the molecule is c1cnn(-c2ccc(-c3nc(N4CCC4)nc4c3CCC4)cc2)c1. The first-order valence-corrected chi connectivity index (χ1v) is 8.64. The van der Waals surface area contributed by atoms with Gasteiger partial charge in [-0.1, -0.05) is 12.1 Å². The highest BCUT2D eigenvalue weighted by atomic mass is 15.3. The molecule has 0 bridgehead atoms. The highest BCUT2D eigenvalue weighted by Crippen LogP contribution is 2.33. The molecule has 5 rings (SSSR count). The Bertz CT molecular complexity index is 864. The number of hydrogen-bond donors (Lipinski definition) is 0. The highest BCUT2D eigenvalue weighted by Gasteiger charge is 2.24. The standard InChI is InChI=1S/C19H19N5/c1-4-16-17(5-1)21-19(23-11-3-12-23)22-18(16)14-6-8-15(9-7-14)24-13-2-10-20-24/h2,6-10,13H,1,3-5,11-12H2. The summed E-state index contributed by atoms with van der Waals surface area (Å²) in [4.78, 5) is 12.0. The molecule has 0 radical (unpaired) electrons. The topological polar surface area (TPSA) is 46.8 Å². The number of aromatic nitrogens is 4. The second-order valence-corrected chi connectivity index (χ2v) is 6.49. The lowest BCUT2D eigenvalue weighted by Gasteiger charge is -2.31. The van der Waals surface area contributed by atoms with E-state index in [1.165, 1.54) is 29.7 Å². The maximum absolute atomic E-state index is 4.92. The molecule has 120 valence electrons. The fourth-order valence-corrected chi connectivity index (χ4v) is 3.51. The molecule has 0 atom stereocenters. The van der Waals surface area contributed by atoms with Gasteiger partial charge in [-0.25, -0.2) is 14.6 Å². The van der Waals surface area contributed by atoms with Crippen molar-refractivity contribution in [3.63, 3.8) is 0 Å². The van der Waals surface area contributed by atoms with Crippen LogP contribution in [0.4, 0.5) is 5.95 Å². The number of rotatable bonds is 3. The second-order valence-electron chi connectivity index (χ2n) is 6.49. The molecule has 1 aliphatic carbocycles. The second kappa shape index (κ2) is 5.44. The van der Waals surface area contributed by atoms with Gasteiger partial charge in [0.05, 0.1) is 11.4 Å². The summed E-state index contributed by atoms with van der Waals surface area (Å²) in [6, 6.07) is 10.4. The largest absolute Gasteiger partial charge is 0.341 e. The molecule has 24 heavy (non-hydrogen) atoms. The molecule has 5 nitrogen and oxygen atoms in total. The molecule has 0 spiro atoms. The third-order valence-electron chi connectivity index (χ3n) is 4.97. The first-order chi connectivity index (χ1) is 11.9. The van der Waals surface area contributed by atoms with Crippen LogP contribution < -0.4 is 4.90 Å². The van der Waals surface area contributed by atoms with Crippen LogP contribution in [0.1, 0.15) is 24.1 Å². The van der Waals surface area contributed by atoms with Crippen molar-refractivity contribution in [2.24, 2.45) is 0 Å². The van der Waals surface area contributed by atoms with Gasteiger partial charge < -0.3 is 4.90 Å². The molecule has 0 saturated carbocycles. The van der Waals surface area contributed by atoms with Crippen molar-refractivity contribution in [2.75, 3.05) is 18.0 Å². The van der Waals surface area contributed by atoms with Gasteiger partial charge in [-0.05, 0) is 43.9 Å². The molecule has 0 amide bonds. The number of anilines is 1. The van der Waals surface area contributed by atoms with Crippen molar-refractivity contribution in [3.05, 3.63) is 54.0 Å². The third-order valence-corrected chi connectivity index (χ3v) is 4.97. The van der Waals surface area contributed by atoms with Crippen LogP contribution in [0.5, 0.6) is 0 Å². The average Bonchev–Trinajstić information content (AvgIpc) is 3.24. The van der Waals surface area contributed by atoms with Crippen LogP contribution in [0.2, 0.25) is 0 Å². The zero-order valence-electron chi connectivity index (χ0n) is 13.5. The van der Waals surface area contributed by atoms with Crippen LogP contribution in [-0.4, -0.2) is 32.8 Å². The fraction of sp³-hybridized carbons (Fsp3) is 0.316. The Morgan fingerprint density at radius 1 is 0.917 bits per heavy atom. The molecular formula is C19H19N5. The van der Waals surface area contributed by atoms with Crippen molar-refractivity contribution in [1.82, 2.24) is 19.7 Å². The van der Waals surface area contributed by atoms with Gasteiger partial charge in [-0.15, -0.1) is 0 Å². The Labute approximate surface area is 141 Å². The highest BCUT2D eigenvalue weighted by molar-refractivity contribution is 5.67. The Hall–Kier alpha value is -2.69. The number of hydrogen-bond acceptors (Lipinski definition) is 4. The van der Waals surface area contributed by atoms with Gasteiger partial charge in [0, 0.05) is 42.3 Å². The van der Waals surface area contributed by atoms with Crippen LogP contribution in [0.3, 0.4) is 0 Å². The Kier molecular flexibility index (Phi) is 3.11. The Morgan fingerprint density at radius 2 is 1.79 bits per heavy atom. The fourth-order valence-electron chi connectivity index (χ4n) is 3.51. The van der Waals surface area contributed by atoms with E-state index in [4.69, 9.17) is 9.97 Å². The van der Waals surface area contributed by atoms with Crippen molar-refractivity contribution in [2.45, 2.75) is 25.7 Å². The zero-order chi connectivity index (χ0) is 15.9. The van der Waals surface area contributed by atoms with Crippen LogP contribution >= 0.6 is 0 Å². The zero-order valence-corrected chi connectivity index (χ0v) is 13.5. The summed E-state index contributed by atoms with van der Waals surface area (Å²) in [6.07, 6.45) is 8.35. The summed E-state index contributed by atoms with van der Waals surface area (Å²) >= 11 is 0. The normalized spacial score (nSPS) is 16.1. The first kappa shape index (κ1) is 13.7. The van der Waals surface area contributed by atoms with Gasteiger partial charge >= 0.3 is 0 Å². The Morgan fingerprint density at radius 3 is 2.50 bits per heavy atom. The molecule has 1 aromatic carbocycles. The lowest BCUT2D eigenvalue weighted by Crippen LogP contribution is -2.38. The minimum Gasteiger partial charge on any atom is -0.341 e. The average molecular weight is 317 g/mol. The molecule has 3 aromatic rings. The third kappa shape index (κ3) is 2.19. The minimum absolute atomic E-state index is 0.910. The predicted molar refractivity (Wildman–Crippen MR) is 93.4 cm³/mol. The molecule has 2 aromatic heterocycles. The van der Waals surface area contributed by atoms with Gasteiger partial charge in [0.2, 0.25) is 5.95 Å². The van der Waals surface area contributed by atoms with Crippen LogP contribution in [0.25, 0.3) is 16.9 Å². The van der Waals surface area contributed by atoms with E-state index in [-0.39, 0.29) is 0 Å². The van der Waals surface area contributed by atoms with Crippen molar-refractivity contribution < 1.29 is 0 Å². The summed E-state index contributed by atoms with van der Waals surface area (Å²) in [5.74, 6) is 0.910. The molecule has 2 aliphatic rings. The van der Waals surface area contributed by atoms with Crippen LogP contribution in [0, 0.1) is 0 Å². The van der Waals surface area contributed by atoms with Gasteiger partial charge in [-0.3, -0.25) is 0 Å². The van der Waals surface area contributed by atoms with E-state index in [9.17, 15) is 0 Å². The lowest BCUT2D eigenvalue weighted by atomic mass is 10.0. The first-order valence-electron chi connectivity index (χ1n) is 8.64. The molecule has 1 aliphatic heterocycles. The molecule has 1 saturated heterocycles. The maximum Gasteiger partial charge on any atom is 0.226 e. The molecule has 5 heteroatoms. The van der Waals surface area contributed by atoms with Gasteiger partial charge in [0.15, 0.2) is 0 Å². The van der Waals surface area contributed by atoms with E-state index in [1.54, 1.807) is 6.20 Å². The maximum atomic E-state index is 4.92. The number of nitrogens with zero attached hydrogens (tertiary/aromatic N) is 5. The van der Waals surface area contributed by atoms with Gasteiger partial charge in [0.1, 0.15) is 0 Å². The molecular weight excluding hydrogens is 298 g/mol. The van der Waals surface area contributed by atoms with Crippen molar-refractivity contribution in [1.29, 1.82) is 0 Å². The smallest absolute Gasteiger partial charge is 0.226 e. The quantitative estimate of drug-likeness (QED) is 0.745. The van der Waals surface area contributed by atoms with Crippen LogP contribution in [0.15, 0.2) is 42.7 Å². The molecule has 1 fully saturated rings. The van der Waals surface area contributed by atoms with E-state index in [1.807, 2.05) is 16.9 Å². The molecule has 0 unspecified atom stereocenters. The molecule has 0 N–H and O–H groups in total. The summed E-state index contributed by atoms with van der Waals surface area (Å²) in [5.41, 5.74) is 5.95. The molecule has 3 heterocycles. The number of aryl methyl sites for hydroxylation is 1. The van der Waals surface area contributed by atoms with Crippen molar-refractivity contribution in [3.8, 4) is 16.9 Å². The van der Waals surface area contributed by atoms with Crippen molar-refractivity contribution >= 4 is 5.95 Å².